The number of anilines is 1. The molecule has 1 amide bonds. The summed E-state index contributed by atoms with van der Waals surface area (Å²) in [5.41, 5.74) is 2.91. The second-order valence-electron chi connectivity index (χ2n) is 7.62. The highest BCUT2D eigenvalue weighted by molar-refractivity contribution is 7.26. The van der Waals surface area contributed by atoms with Gasteiger partial charge < -0.3 is 5.32 Å². The predicted octanol–water partition coefficient (Wildman–Crippen LogP) is 6.43. The van der Waals surface area contributed by atoms with E-state index in [-0.39, 0.29) is 5.91 Å². The summed E-state index contributed by atoms with van der Waals surface area (Å²) in [6.07, 6.45) is 9.87. The molecule has 5 rings (SSSR count). The fourth-order valence-electron chi connectivity index (χ4n) is 4.39. The Hall–Kier alpha value is -2.72. The van der Waals surface area contributed by atoms with E-state index in [1.165, 1.54) is 46.0 Å². The molecule has 4 aromatic rings. The number of aromatic nitrogens is 1. The van der Waals surface area contributed by atoms with Crippen molar-refractivity contribution in [2.75, 3.05) is 5.32 Å². The molecule has 2 aromatic heterocycles. The molecule has 0 aliphatic heterocycles. The number of benzene rings is 2. The van der Waals surface area contributed by atoms with Crippen LogP contribution in [0.15, 0.2) is 60.9 Å². The average molecular weight is 387 g/mol. The molecule has 0 radical (unpaired) electrons. The van der Waals surface area contributed by atoms with Crippen LogP contribution in [0.4, 0.5) is 5.69 Å². The number of carbonyl (C=O) groups is 1. The standard InChI is InChI=1S/C24H22N2OS/c27-24(26-18-11-13-25-14-12-18)20-10-9-17(15-16-5-1-2-6-16)23-22(20)19-7-3-4-8-21(19)28-23/h3-4,7-14,16H,1-2,5-6,15H2,(H,25,26,27). The number of amides is 1. The van der Waals surface area contributed by atoms with Crippen molar-refractivity contribution in [3.8, 4) is 0 Å². The Morgan fingerprint density at radius 2 is 1.82 bits per heavy atom. The summed E-state index contributed by atoms with van der Waals surface area (Å²) in [7, 11) is 0. The summed E-state index contributed by atoms with van der Waals surface area (Å²) in [5, 5.41) is 5.30. The SMILES string of the molecule is O=C(Nc1ccncc1)c1ccc(CC2CCCC2)c2sc3ccccc3c12. The molecule has 2 aromatic carbocycles. The number of carbonyl (C=O) groups excluding carboxylic acids is 1. The molecule has 0 atom stereocenters. The van der Waals surface area contributed by atoms with Crippen molar-refractivity contribution in [1.82, 2.24) is 4.98 Å². The maximum absolute atomic E-state index is 13.1. The molecule has 28 heavy (non-hydrogen) atoms. The van der Waals surface area contributed by atoms with Gasteiger partial charge in [-0.3, -0.25) is 9.78 Å². The van der Waals surface area contributed by atoms with Crippen LogP contribution >= 0.6 is 11.3 Å². The van der Waals surface area contributed by atoms with E-state index in [1.54, 1.807) is 12.4 Å². The molecule has 1 aliphatic rings. The zero-order valence-corrected chi connectivity index (χ0v) is 16.5. The van der Waals surface area contributed by atoms with Gasteiger partial charge in [-0.15, -0.1) is 11.3 Å². The first kappa shape index (κ1) is 17.4. The van der Waals surface area contributed by atoms with Crippen LogP contribution in [0.2, 0.25) is 0 Å². The van der Waals surface area contributed by atoms with Crippen molar-refractivity contribution in [3.63, 3.8) is 0 Å². The summed E-state index contributed by atoms with van der Waals surface area (Å²) >= 11 is 1.82. The van der Waals surface area contributed by atoms with Crippen LogP contribution in [0.25, 0.3) is 20.2 Å². The first-order valence-corrected chi connectivity index (χ1v) is 10.8. The number of hydrogen-bond acceptors (Lipinski definition) is 3. The van der Waals surface area contributed by atoms with Crippen LogP contribution in [0.3, 0.4) is 0 Å². The molecular formula is C24H22N2OS. The summed E-state index contributed by atoms with van der Waals surface area (Å²) in [6.45, 7) is 0. The Kier molecular flexibility index (Phi) is 4.57. The third-order valence-electron chi connectivity index (χ3n) is 5.77. The Bertz CT molecular complexity index is 1140. The van der Waals surface area contributed by atoms with Crippen LogP contribution in [0.5, 0.6) is 0 Å². The lowest BCUT2D eigenvalue weighted by atomic mass is 9.94. The molecule has 0 saturated heterocycles. The number of rotatable bonds is 4. The molecule has 0 unspecified atom stereocenters. The van der Waals surface area contributed by atoms with E-state index in [4.69, 9.17) is 0 Å². The first-order valence-electron chi connectivity index (χ1n) is 9.94. The largest absolute Gasteiger partial charge is 0.322 e. The van der Waals surface area contributed by atoms with Gasteiger partial charge in [0.25, 0.3) is 5.91 Å². The third-order valence-corrected chi connectivity index (χ3v) is 7.02. The van der Waals surface area contributed by atoms with Gasteiger partial charge >= 0.3 is 0 Å². The second-order valence-corrected chi connectivity index (χ2v) is 8.67. The lowest BCUT2D eigenvalue weighted by Crippen LogP contribution is -2.12. The fourth-order valence-corrected chi connectivity index (χ4v) is 5.64. The van der Waals surface area contributed by atoms with Crippen LogP contribution in [-0.4, -0.2) is 10.9 Å². The number of pyridine rings is 1. The van der Waals surface area contributed by atoms with Gasteiger partial charge in [-0.05, 0) is 42.2 Å². The van der Waals surface area contributed by atoms with E-state index in [9.17, 15) is 4.79 Å². The van der Waals surface area contributed by atoms with Gasteiger partial charge in [-0.2, -0.15) is 0 Å². The van der Waals surface area contributed by atoms with Crippen molar-refractivity contribution in [3.05, 3.63) is 72.1 Å². The summed E-state index contributed by atoms with van der Waals surface area (Å²) in [5.74, 6) is 0.720. The van der Waals surface area contributed by atoms with E-state index in [0.717, 1.165) is 29.0 Å². The normalized spacial score (nSPS) is 14.7. The quantitative estimate of drug-likeness (QED) is 0.439. The predicted molar refractivity (Wildman–Crippen MR) is 117 cm³/mol. The van der Waals surface area contributed by atoms with Gasteiger partial charge in [0, 0.05) is 43.8 Å². The van der Waals surface area contributed by atoms with Gasteiger partial charge in [0.15, 0.2) is 0 Å². The van der Waals surface area contributed by atoms with Gasteiger partial charge in [0.1, 0.15) is 0 Å². The molecule has 140 valence electrons. The van der Waals surface area contributed by atoms with Crippen LogP contribution in [0.1, 0.15) is 41.6 Å². The van der Waals surface area contributed by atoms with E-state index in [2.05, 4.69) is 40.6 Å². The van der Waals surface area contributed by atoms with Gasteiger partial charge in [-0.1, -0.05) is 49.9 Å². The minimum Gasteiger partial charge on any atom is -0.322 e. The summed E-state index contributed by atoms with van der Waals surface area (Å²) in [6, 6.07) is 16.2. The zero-order chi connectivity index (χ0) is 18.9. The highest BCUT2D eigenvalue weighted by atomic mass is 32.1. The number of hydrogen-bond donors (Lipinski definition) is 1. The van der Waals surface area contributed by atoms with Crippen LogP contribution < -0.4 is 5.32 Å². The van der Waals surface area contributed by atoms with Crippen molar-refractivity contribution in [2.45, 2.75) is 32.1 Å². The Morgan fingerprint density at radius 3 is 2.64 bits per heavy atom. The molecule has 2 heterocycles. The molecule has 1 fully saturated rings. The minimum absolute atomic E-state index is 0.0628. The van der Waals surface area contributed by atoms with E-state index < -0.39 is 0 Å². The fraction of sp³-hybridized carbons (Fsp3) is 0.250. The molecular weight excluding hydrogens is 364 g/mol. The number of thiophene rings is 1. The Labute approximate surface area is 168 Å². The summed E-state index contributed by atoms with van der Waals surface area (Å²) in [4.78, 5) is 17.1. The number of nitrogens with zero attached hydrogens (tertiary/aromatic N) is 1. The van der Waals surface area contributed by atoms with Crippen molar-refractivity contribution in [1.29, 1.82) is 0 Å². The highest BCUT2D eigenvalue weighted by Crippen LogP contribution is 2.40. The molecule has 1 N–H and O–H groups in total. The number of fused-ring (bicyclic) bond motifs is 3. The monoisotopic (exact) mass is 386 g/mol. The molecule has 1 aliphatic carbocycles. The lowest BCUT2D eigenvalue weighted by Gasteiger charge is -2.12. The number of nitrogens with one attached hydrogen (secondary N) is 1. The van der Waals surface area contributed by atoms with E-state index in [0.29, 0.717) is 0 Å². The molecule has 4 heteroatoms. The highest BCUT2D eigenvalue weighted by Gasteiger charge is 2.21. The van der Waals surface area contributed by atoms with Crippen LogP contribution in [0, 0.1) is 5.92 Å². The third kappa shape index (κ3) is 3.18. The average Bonchev–Trinajstić information content (AvgIpc) is 3.37. The van der Waals surface area contributed by atoms with Crippen molar-refractivity contribution < 1.29 is 4.79 Å². The van der Waals surface area contributed by atoms with Gasteiger partial charge in [0.05, 0.1) is 0 Å². The molecule has 1 saturated carbocycles. The zero-order valence-electron chi connectivity index (χ0n) is 15.7. The van der Waals surface area contributed by atoms with E-state index in [1.807, 2.05) is 29.5 Å². The van der Waals surface area contributed by atoms with Gasteiger partial charge in [-0.25, -0.2) is 0 Å². The lowest BCUT2D eigenvalue weighted by molar-refractivity contribution is 0.102. The van der Waals surface area contributed by atoms with E-state index >= 15 is 0 Å². The van der Waals surface area contributed by atoms with Crippen molar-refractivity contribution in [2.24, 2.45) is 5.92 Å². The Morgan fingerprint density at radius 1 is 1.04 bits per heavy atom. The molecule has 3 nitrogen and oxygen atoms in total. The minimum atomic E-state index is -0.0628. The van der Waals surface area contributed by atoms with Gasteiger partial charge in [0.2, 0.25) is 0 Å². The first-order chi connectivity index (χ1) is 13.8. The Balaban J connectivity index is 1.62. The maximum atomic E-state index is 13.1. The molecule has 0 bridgehead atoms. The topological polar surface area (TPSA) is 42.0 Å². The second kappa shape index (κ2) is 7.36. The van der Waals surface area contributed by atoms with Crippen molar-refractivity contribution >= 4 is 43.1 Å². The van der Waals surface area contributed by atoms with Crippen LogP contribution in [-0.2, 0) is 6.42 Å². The maximum Gasteiger partial charge on any atom is 0.256 e. The molecule has 0 spiro atoms. The summed E-state index contributed by atoms with van der Waals surface area (Å²) < 4.78 is 2.52. The smallest absolute Gasteiger partial charge is 0.256 e.